The monoisotopic (exact) mass is 349 g/mol. The van der Waals surface area contributed by atoms with Crippen LogP contribution in [0.5, 0.6) is 0 Å². The molecule has 0 fully saturated rings. The van der Waals surface area contributed by atoms with E-state index in [2.05, 4.69) is 20.3 Å². The first-order chi connectivity index (χ1) is 12.7. The minimum atomic E-state index is -0.244. The summed E-state index contributed by atoms with van der Waals surface area (Å²) in [5, 5.41) is 3.25. The van der Waals surface area contributed by atoms with E-state index in [1.165, 1.54) is 18.5 Å². The normalized spacial score (nSPS) is 15.6. The third kappa shape index (κ3) is 4.22. The highest BCUT2D eigenvalue weighted by Crippen LogP contribution is 2.24. The van der Waals surface area contributed by atoms with Crippen LogP contribution in [0.15, 0.2) is 71.9 Å². The topological polar surface area (TPSA) is 53.4 Å². The lowest BCUT2D eigenvalue weighted by molar-refractivity contribution is 0.562. The molecule has 6 heteroatoms. The Morgan fingerprint density at radius 1 is 1.23 bits per heavy atom. The van der Waals surface area contributed by atoms with Crippen molar-refractivity contribution < 1.29 is 4.39 Å². The van der Waals surface area contributed by atoms with Crippen LogP contribution < -0.4 is 5.32 Å². The number of nitrogens with one attached hydrogen (secondary N) is 1. The number of aliphatic imine (C=N–C) groups is 1. The van der Waals surface area contributed by atoms with Gasteiger partial charge in [0.2, 0.25) is 0 Å². The Kier molecular flexibility index (Phi) is 5.53. The minimum absolute atomic E-state index is 0.244. The molecule has 0 radical (unpaired) electrons. The molecule has 1 aromatic carbocycles. The largest absolute Gasteiger partial charge is 0.366 e. The number of hydrogen-bond acceptors (Lipinski definition) is 5. The molecule has 5 nitrogen and oxygen atoms in total. The molecule has 2 aromatic rings. The first kappa shape index (κ1) is 17.5. The van der Waals surface area contributed by atoms with Gasteiger partial charge in [0.15, 0.2) is 0 Å². The summed E-state index contributed by atoms with van der Waals surface area (Å²) in [7, 11) is 1.95. The van der Waals surface area contributed by atoms with Gasteiger partial charge in [-0.25, -0.2) is 19.4 Å². The van der Waals surface area contributed by atoms with Crippen LogP contribution in [0.2, 0.25) is 0 Å². The number of hydrogen-bond donors (Lipinski definition) is 1. The van der Waals surface area contributed by atoms with E-state index in [9.17, 15) is 4.39 Å². The molecule has 1 aliphatic heterocycles. The van der Waals surface area contributed by atoms with Crippen molar-refractivity contribution in [1.29, 1.82) is 0 Å². The van der Waals surface area contributed by atoms with E-state index in [0.717, 1.165) is 22.7 Å². The van der Waals surface area contributed by atoms with E-state index in [0.29, 0.717) is 12.4 Å². The van der Waals surface area contributed by atoms with Crippen molar-refractivity contribution in [2.75, 3.05) is 12.4 Å². The van der Waals surface area contributed by atoms with E-state index >= 15 is 0 Å². The van der Waals surface area contributed by atoms with Crippen LogP contribution in [0, 0.1) is 5.82 Å². The van der Waals surface area contributed by atoms with E-state index in [1.807, 2.05) is 49.4 Å². The van der Waals surface area contributed by atoms with Gasteiger partial charge in [-0.3, -0.25) is 0 Å². The fourth-order valence-corrected chi connectivity index (χ4v) is 2.54. The highest BCUT2D eigenvalue weighted by atomic mass is 19.1. The number of benzene rings is 1. The highest BCUT2D eigenvalue weighted by Gasteiger charge is 2.13. The average molecular weight is 349 g/mol. The summed E-state index contributed by atoms with van der Waals surface area (Å²) >= 11 is 0. The molecule has 132 valence electrons. The first-order valence-electron chi connectivity index (χ1n) is 8.29. The predicted octanol–water partition coefficient (Wildman–Crippen LogP) is 4.00. The maximum Gasteiger partial charge on any atom is 0.141 e. The molecular weight excluding hydrogens is 329 g/mol. The van der Waals surface area contributed by atoms with Crippen LogP contribution in [0.3, 0.4) is 0 Å². The lowest BCUT2D eigenvalue weighted by atomic mass is 10.1. The van der Waals surface area contributed by atoms with Crippen molar-refractivity contribution >= 4 is 17.6 Å². The molecule has 0 spiro atoms. The van der Waals surface area contributed by atoms with Crippen LogP contribution >= 0.6 is 0 Å². The van der Waals surface area contributed by atoms with Crippen LogP contribution in [0.4, 0.5) is 10.2 Å². The van der Waals surface area contributed by atoms with Gasteiger partial charge in [-0.1, -0.05) is 24.3 Å². The van der Waals surface area contributed by atoms with Gasteiger partial charge in [-0.2, -0.15) is 0 Å². The molecule has 0 atom stereocenters. The summed E-state index contributed by atoms with van der Waals surface area (Å²) in [5.74, 6) is 1.26. The molecule has 0 saturated carbocycles. The Hall–Kier alpha value is -3.28. The highest BCUT2D eigenvalue weighted by molar-refractivity contribution is 5.80. The van der Waals surface area contributed by atoms with Crippen molar-refractivity contribution in [2.24, 2.45) is 4.99 Å². The molecule has 1 aromatic heterocycles. The van der Waals surface area contributed by atoms with Crippen LogP contribution in [-0.4, -0.2) is 28.1 Å². The summed E-state index contributed by atoms with van der Waals surface area (Å²) in [6, 6.07) is 8.27. The summed E-state index contributed by atoms with van der Waals surface area (Å²) in [6.07, 6.45) is 11.0. The molecule has 0 aliphatic carbocycles. The summed E-state index contributed by atoms with van der Waals surface area (Å²) in [5.41, 5.74) is 2.65. The molecule has 1 aliphatic rings. The Morgan fingerprint density at radius 2 is 2.04 bits per heavy atom. The van der Waals surface area contributed by atoms with Gasteiger partial charge in [0.1, 0.15) is 23.8 Å². The van der Waals surface area contributed by atoms with Gasteiger partial charge in [0, 0.05) is 37.6 Å². The van der Waals surface area contributed by atoms with Crippen molar-refractivity contribution in [3.05, 3.63) is 84.0 Å². The molecule has 26 heavy (non-hydrogen) atoms. The molecule has 0 bridgehead atoms. The second-order valence-corrected chi connectivity index (χ2v) is 5.74. The third-order valence-electron chi connectivity index (χ3n) is 3.83. The third-order valence-corrected chi connectivity index (χ3v) is 3.83. The van der Waals surface area contributed by atoms with E-state index in [1.54, 1.807) is 18.3 Å². The van der Waals surface area contributed by atoms with Gasteiger partial charge < -0.3 is 10.2 Å². The Labute approximate surface area is 152 Å². The summed E-state index contributed by atoms with van der Waals surface area (Å²) in [4.78, 5) is 15.1. The second kappa shape index (κ2) is 8.20. The Balaban J connectivity index is 1.85. The number of aromatic nitrogens is 2. The standard InChI is InChI=1S/C20H20FN5/c1-3-5-17(20-22-10-4-11-26(20)2)18-12-19(25-14-24-18)23-13-15-6-8-16(21)9-7-15/h3-12,14H,13H2,1-2H3,(H,23,24,25)/b5-3+,20-17+. The quantitative estimate of drug-likeness (QED) is 0.886. The fraction of sp³-hybridized carbons (Fsp3) is 0.150. The molecular formula is C20H20FN5. The number of allylic oxidation sites excluding steroid dienone is 4. The first-order valence-corrected chi connectivity index (χ1v) is 8.29. The van der Waals surface area contributed by atoms with Gasteiger partial charge in [0.25, 0.3) is 0 Å². The molecule has 3 rings (SSSR count). The number of rotatable bonds is 5. The second-order valence-electron chi connectivity index (χ2n) is 5.74. The average Bonchev–Trinajstić information content (AvgIpc) is 2.67. The Morgan fingerprint density at radius 3 is 2.77 bits per heavy atom. The zero-order chi connectivity index (χ0) is 18.4. The molecule has 1 N–H and O–H groups in total. The number of anilines is 1. The van der Waals surface area contributed by atoms with Gasteiger partial charge in [-0.05, 0) is 30.7 Å². The van der Waals surface area contributed by atoms with Gasteiger partial charge in [0.05, 0.1) is 5.69 Å². The van der Waals surface area contributed by atoms with Crippen LogP contribution in [-0.2, 0) is 6.54 Å². The number of nitrogens with zero attached hydrogens (tertiary/aromatic N) is 4. The van der Waals surface area contributed by atoms with Crippen molar-refractivity contribution in [2.45, 2.75) is 13.5 Å². The zero-order valence-electron chi connectivity index (χ0n) is 14.7. The molecule has 0 unspecified atom stereocenters. The minimum Gasteiger partial charge on any atom is -0.366 e. The maximum atomic E-state index is 13.0. The molecule has 0 amide bonds. The van der Waals surface area contributed by atoms with Gasteiger partial charge in [-0.15, -0.1) is 0 Å². The van der Waals surface area contributed by atoms with Crippen molar-refractivity contribution in [3.8, 4) is 0 Å². The lowest BCUT2D eigenvalue weighted by Gasteiger charge is -2.20. The van der Waals surface area contributed by atoms with Gasteiger partial charge >= 0.3 is 0 Å². The molecule has 2 heterocycles. The summed E-state index contributed by atoms with van der Waals surface area (Å²) < 4.78 is 13.0. The lowest BCUT2D eigenvalue weighted by Crippen LogP contribution is -2.14. The smallest absolute Gasteiger partial charge is 0.141 e. The van der Waals surface area contributed by atoms with E-state index in [-0.39, 0.29) is 5.82 Å². The maximum absolute atomic E-state index is 13.0. The van der Waals surface area contributed by atoms with E-state index in [4.69, 9.17) is 0 Å². The van der Waals surface area contributed by atoms with Crippen molar-refractivity contribution in [3.63, 3.8) is 0 Å². The van der Waals surface area contributed by atoms with Crippen molar-refractivity contribution in [1.82, 2.24) is 14.9 Å². The number of halogens is 1. The SMILES string of the molecule is C/C=C/C(=C1/N=CC=CN1C)c1cc(NCc2ccc(F)cc2)ncn1. The fourth-order valence-electron chi connectivity index (χ4n) is 2.54. The predicted molar refractivity (Wildman–Crippen MR) is 103 cm³/mol. The molecule has 0 saturated heterocycles. The Bertz CT molecular complexity index is 881. The summed E-state index contributed by atoms with van der Waals surface area (Å²) in [6.45, 7) is 2.50. The van der Waals surface area contributed by atoms with Crippen LogP contribution in [0.1, 0.15) is 18.2 Å². The zero-order valence-corrected chi connectivity index (χ0v) is 14.7. The van der Waals surface area contributed by atoms with Crippen LogP contribution in [0.25, 0.3) is 5.57 Å². The van der Waals surface area contributed by atoms with E-state index < -0.39 is 0 Å².